The summed E-state index contributed by atoms with van der Waals surface area (Å²) >= 11 is 0. The van der Waals surface area contributed by atoms with Gasteiger partial charge in [-0.05, 0) is 25.0 Å². The van der Waals surface area contributed by atoms with Crippen molar-refractivity contribution in [2.45, 2.75) is 12.8 Å². The monoisotopic (exact) mass is 279 g/mol. The Morgan fingerprint density at radius 2 is 2.05 bits per heavy atom. The average molecular weight is 279 g/mol. The van der Waals surface area contributed by atoms with Gasteiger partial charge in [0.05, 0.1) is 7.11 Å². The van der Waals surface area contributed by atoms with Gasteiger partial charge in [-0.15, -0.1) is 0 Å². The van der Waals surface area contributed by atoms with E-state index in [9.17, 15) is 9.59 Å². The van der Waals surface area contributed by atoms with Crippen molar-refractivity contribution in [2.75, 3.05) is 25.6 Å². The molecule has 1 amide bonds. The van der Waals surface area contributed by atoms with Gasteiger partial charge < -0.3 is 19.9 Å². The van der Waals surface area contributed by atoms with Crippen molar-refractivity contribution in [3.05, 3.63) is 23.8 Å². The van der Waals surface area contributed by atoms with Gasteiger partial charge in [0, 0.05) is 30.9 Å². The molecule has 2 N–H and O–H groups in total. The quantitative estimate of drug-likeness (QED) is 0.877. The van der Waals surface area contributed by atoms with E-state index in [1.807, 2.05) is 0 Å². The first-order valence-electron chi connectivity index (χ1n) is 6.41. The zero-order chi connectivity index (χ0) is 14.5. The van der Waals surface area contributed by atoms with E-state index >= 15 is 0 Å². The minimum Gasteiger partial charge on any atom is -0.496 e. The highest BCUT2D eigenvalue weighted by Crippen LogP contribution is 2.24. The SMILES string of the molecule is COc1cc(NC(=O)C2CCOCC2)ccc1C(=O)O. The lowest BCUT2D eigenvalue weighted by Gasteiger charge is -2.21. The lowest BCUT2D eigenvalue weighted by atomic mass is 9.99. The minimum absolute atomic E-state index is 0.0612. The van der Waals surface area contributed by atoms with Crippen LogP contribution >= 0.6 is 0 Å². The van der Waals surface area contributed by atoms with Crippen LogP contribution in [-0.2, 0) is 9.53 Å². The number of hydrogen-bond donors (Lipinski definition) is 2. The number of carboxylic acid groups (broad SMARTS) is 1. The van der Waals surface area contributed by atoms with Gasteiger partial charge >= 0.3 is 5.97 Å². The van der Waals surface area contributed by atoms with Crippen LogP contribution in [0.25, 0.3) is 0 Å². The van der Waals surface area contributed by atoms with Crippen molar-refractivity contribution >= 4 is 17.6 Å². The molecule has 0 unspecified atom stereocenters. The molecule has 1 aliphatic rings. The summed E-state index contributed by atoms with van der Waals surface area (Å²) in [7, 11) is 1.39. The lowest BCUT2D eigenvalue weighted by molar-refractivity contribution is -0.122. The molecule has 0 atom stereocenters. The number of nitrogens with one attached hydrogen (secondary N) is 1. The minimum atomic E-state index is -1.07. The van der Waals surface area contributed by atoms with Crippen LogP contribution in [0.2, 0.25) is 0 Å². The molecule has 20 heavy (non-hydrogen) atoms. The fraction of sp³-hybridized carbons (Fsp3) is 0.429. The number of methoxy groups -OCH3 is 1. The third kappa shape index (κ3) is 3.27. The van der Waals surface area contributed by atoms with Gasteiger partial charge in [-0.3, -0.25) is 4.79 Å². The molecule has 1 saturated heterocycles. The first kappa shape index (κ1) is 14.3. The Labute approximate surface area is 116 Å². The predicted octanol–water partition coefficient (Wildman–Crippen LogP) is 1.76. The molecule has 0 radical (unpaired) electrons. The number of carboxylic acids is 1. The molecule has 6 nitrogen and oxygen atoms in total. The largest absolute Gasteiger partial charge is 0.496 e. The van der Waals surface area contributed by atoms with Crippen LogP contribution in [0.3, 0.4) is 0 Å². The molecule has 1 aromatic rings. The van der Waals surface area contributed by atoms with Crippen LogP contribution in [0.4, 0.5) is 5.69 Å². The van der Waals surface area contributed by atoms with E-state index in [4.69, 9.17) is 14.6 Å². The first-order valence-corrected chi connectivity index (χ1v) is 6.41. The maximum atomic E-state index is 12.1. The van der Waals surface area contributed by atoms with Crippen LogP contribution < -0.4 is 10.1 Å². The van der Waals surface area contributed by atoms with Crippen molar-refractivity contribution < 1.29 is 24.2 Å². The van der Waals surface area contributed by atoms with Gasteiger partial charge in [0.2, 0.25) is 5.91 Å². The maximum Gasteiger partial charge on any atom is 0.339 e. The fourth-order valence-corrected chi connectivity index (χ4v) is 2.15. The van der Waals surface area contributed by atoms with Gasteiger partial charge in [0.25, 0.3) is 0 Å². The second-order valence-corrected chi connectivity index (χ2v) is 4.60. The molecular weight excluding hydrogens is 262 g/mol. The summed E-state index contributed by atoms with van der Waals surface area (Å²) < 4.78 is 10.2. The molecule has 0 bridgehead atoms. The number of carbonyl (C=O) groups is 2. The predicted molar refractivity (Wildman–Crippen MR) is 72.1 cm³/mol. The Kier molecular flexibility index (Phi) is 4.57. The Hall–Kier alpha value is -2.08. The normalized spacial score (nSPS) is 15.7. The van der Waals surface area contributed by atoms with Gasteiger partial charge in [-0.2, -0.15) is 0 Å². The van der Waals surface area contributed by atoms with Crippen molar-refractivity contribution in [3.8, 4) is 5.75 Å². The number of ether oxygens (including phenoxy) is 2. The number of carbonyl (C=O) groups excluding carboxylic acids is 1. The summed E-state index contributed by atoms with van der Waals surface area (Å²) in [6.07, 6.45) is 1.41. The summed E-state index contributed by atoms with van der Waals surface area (Å²) in [5.41, 5.74) is 0.597. The van der Waals surface area contributed by atoms with Gasteiger partial charge in [-0.25, -0.2) is 4.79 Å². The highest BCUT2D eigenvalue weighted by atomic mass is 16.5. The van der Waals surface area contributed by atoms with Crippen molar-refractivity contribution in [1.29, 1.82) is 0 Å². The highest BCUT2D eigenvalue weighted by Gasteiger charge is 2.22. The number of hydrogen-bond acceptors (Lipinski definition) is 4. The molecule has 0 saturated carbocycles. The van der Waals surface area contributed by atoms with E-state index in [2.05, 4.69) is 5.32 Å². The van der Waals surface area contributed by atoms with Crippen molar-refractivity contribution in [1.82, 2.24) is 0 Å². The Morgan fingerprint density at radius 1 is 1.35 bits per heavy atom. The molecule has 6 heteroatoms. The molecule has 1 heterocycles. The van der Waals surface area contributed by atoms with E-state index in [1.54, 1.807) is 6.07 Å². The number of anilines is 1. The molecule has 2 rings (SSSR count). The molecule has 1 fully saturated rings. The number of benzene rings is 1. The molecule has 108 valence electrons. The molecule has 1 aromatic carbocycles. The third-order valence-corrected chi connectivity index (χ3v) is 3.29. The Morgan fingerprint density at radius 3 is 2.65 bits per heavy atom. The van der Waals surface area contributed by atoms with Crippen LogP contribution in [0.5, 0.6) is 5.75 Å². The zero-order valence-electron chi connectivity index (χ0n) is 11.2. The second kappa shape index (κ2) is 6.38. The van der Waals surface area contributed by atoms with Gasteiger partial charge in [0.15, 0.2) is 0 Å². The van der Waals surface area contributed by atoms with Gasteiger partial charge in [0.1, 0.15) is 11.3 Å². The van der Waals surface area contributed by atoms with Crippen LogP contribution in [-0.4, -0.2) is 37.3 Å². The average Bonchev–Trinajstić information content (AvgIpc) is 2.47. The Bertz CT molecular complexity index is 508. The fourth-order valence-electron chi connectivity index (χ4n) is 2.15. The Balaban J connectivity index is 2.09. The summed E-state index contributed by atoms with van der Waals surface area (Å²) in [6.45, 7) is 1.19. The summed E-state index contributed by atoms with van der Waals surface area (Å²) in [6, 6.07) is 4.49. The highest BCUT2D eigenvalue weighted by molar-refractivity contribution is 5.95. The topological polar surface area (TPSA) is 84.9 Å². The van der Waals surface area contributed by atoms with E-state index < -0.39 is 5.97 Å². The lowest BCUT2D eigenvalue weighted by Crippen LogP contribution is -2.28. The molecule has 0 aliphatic carbocycles. The standard InChI is InChI=1S/C14H17NO5/c1-19-12-8-10(2-3-11(12)14(17)18)15-13(16)9-4-6-20-7-5-9/h2-3,8-9H,4-7H2,1H3,(H,15,16)(H,17,18). The third-order valence-electron chi connectivity index (χ3n) is 3.29. The smallest absolute Gasteiger partial charge is 0.339 e. The van der Waals surface area contributed by atoms with Crippen LogP contribution in [0, 0.1) is 5.92 Å². The first-order chi connectivity index (χ1) is 9.61. The van der Waals surface area contributed by atoms with E-state index in [1.165, 1.54) is 19.2 Å². The molecule has 0 aromatic heterocycles. The van der Waals surface area contributed by atoms with E-state index in [0.717, 1.165) is 0 Å². The number of rotatable bonds is 4. The summed E-state index contributed by atoms with van der Waals surface area (Å²) in [5.74, 6) is -0.973. The number of amides is 1. The molecule has 0 spiro atoms. The zero-order valence-corrected chi connectivity index (χ0v) is 11.2. The molecular formula is C14H17NO5. The van der Waals surface area contributed by atoms with E-state index in [0.29, 0.717) is 31.7 Å². The van der Waals surface area contributed by atoms with Gasteiger partial charge in [-0.1, -0.05) is 0 Å². The summed E-state index contributed by atoms with van der Waals surface area (Å²) in [5, 5.41) is 11.8. The van der Waals surface area contributed by atoms with E-state index in [-0.39, 0.29) is 23.1 Å². The molecule has 1 aliphatic heterocycles. The second-order valence-electron chi connectivity index (χ2n) is 4.60. The number of aromatic carboxylic acids is 1. The van der Waals surface area contributed by atoms with Crippen LogP contribution in [0.15, 0.2) is 18.2 Å². The van der Waals surface area contributed by atoms with Crippen molar-refractivity contribution in [3.63, 3.8) is 0 Å². The van der Waals surface area contributed by atoms with Crippen LogP contribution in [0.1, 0.15) is 23.2 Å². The maximum absolute atomic E-state index is 12.1. The summed E-state index contributed by atoms with van der Waals surface area (Å²) in [4.78, 5) is 23.0. The van der Waals surface area contributed by atoms with Crippen molar-refractivity contribution in [2.24, 2.45) is 5.92 Å².